The van der Waals surface area contributed by atoms with Gasteiger partial charge in [-0.25, -0.2) is 8.42 Å². The predicted molar refractivity (Wildman–Crippen MR) is 68.5 cm³/mol. The van der Waals surface area contributed by atoms with E-state index >= 15 is 0 Å². The number of hydrogen-bond donors (Lipinski definition) is 2. The number of amides is 1. The van der Waals surface area contributed by atoms with Crippen LogP contribution in [0.1, 0.15) is 6.92 Å². The second-order valence-corrected chi connectivity index (χ2v) is 6.32. The smallest absolute Gasteiger partial charge is 0.253 e. The van der Waals surface area contributed by atoms with Crippen molar-refractivity contribution in [2.75, 3.05) is 14.2 Å². The molecule has 0 fully saturated rings. The first-order valence-corrected chi connectivity index (χ1v) is 6.72. The van der Waals surface area contributed by atoms with Crippen molar-refractivity contribution in [1.82, 2.24) is 0 Å². The molecule has 0 aromatic heterocycles. The van der Waals surface area contributed by atoms with Crippen LogP contribution in [0.15, 0.2) is 23.1 Å². The lowest BCUT2D eigenvalue weighted by Crippen LogP contribution is -2.55. The van der Waals surface area contributed by atoms with Gasteiger partial charge in [0.2, 0.25) is 9.84 Å². The molecule has 4 N–H and O–H groups in total. The number of ether oxygens (including phenoxy) is 2. The summed E-state index contributed by atoms with van der Waals surface area (Å²) in [6.07, 6.45) is 0. The molecule has 0 saturated heterocycles. The largest absolute Gasteiger partial charge is 0.493 e. The third-order valence-corrected chi connectivity index (χ3v) is 4.91. The van der Waals surface area contributed by atoms with Crippen molar-refractivity contribution in [2.24, 2.45) is 11.5 Å². The van der Waals surface area contributed by atoms with Crippen LogP contribution in [0.2, 0.25) is 0 Å². The molecule has 0 aliphatic rings. The number of benzene rings is 1. The maximum absolute atomic E-state index is 12.2. The fourth-order valence-corrected chi connectivity index (χ4v) is 2.62. The van der Waals surface area contributed by atoms with Crippen molar-refractivity contribution in [3.8, 4) is 11.5 Å². The second kappa shape index (κ2) is 5.06. The highest BCUT2D eigenvalue weighted by atomic mass is 32.2. The average molecular weight is 288 g/mol. The first-order valence-electron chi connectivity index (χ1n) is 5.24. The topological polar surface area (TPSA) is 122 Å². The normalized spacial score (nSPS) is 14.5. The van der Waals surface area contributed by atoms with Crippen molar-refractivity contribution in [2.45, 2.75) is 16.7 Å². The van der Waals surface area contributed by atoms with E-state index in [1.165, 1.54) is 32.4 Å². The van der Waals surface area contributed by atoms with Gasteiger partial charge in [0.25, 0.3) is 5.91 Å². The van der Waals surface area contributed by atoms with Crippen LogP contribution < -0.4 is 20.9 Å². The molecule has 1 amide bonds. The SMILES string of the molecule is COc1ccc(S(=O)(=O)C(C)(N)C(N)=O)cc1OC. The van der Waals surface area contributed by atoms with Gasteiger partial charge < -0.3 is 20.9 Å². The van der Waals surface area contributed by atoms with E-state index in [9.17, 15) is 13.2 Å². The summed E-state index contributed by atoms with van der Waals surface area (Å²) in [5.74, 6) is -0.564. The molecule has 1 unspecified atom stereocenters. The van der Waals surface area contributed by atoms with E-state index in [2.05, 4.69) is 0 Å². The number of rotatable bonds is 5. The van der Waals surface area contributed by atoms with Crippen LogP contribution in [0.4, 0.5) is 0 Å². The zero-order chi connectivity index (χ0) is 14.8. The third kappa shape index (κ3) is 2.49. The Bertz CT molecular complexity index is 595. The monoisotopic (exact) mass is 288 g/mol. The zero-order valence-corrected chi connectivity index (χ0v) is 11.7. The van der Waals surface area contributed by atoms with Gasteiger partial charge in [0, 0.05) is 6.07 Å². The molecule has 0 aliphatic carbocycles. The number of carbonyl (C=O) groups excluding carboxylic acids is 1. The lowest BCUT2D eigenvalue weighted by molar-refractivity contribution is -0.120. The Morgan fingerprint density at radius 3 is 2.16 bits per heavy atom. The molecule has 8 heteroatoms. The third-order valence-electron chi connectivity index (χ3n) is 2.71. The number of primary amides is 1. The molecule has 1 atom stereocenters. The Balaban J connectivity index is 3.43. The van der Waals surface area contributed by atoms with E-state index in [1.807, 2.05) is 0 Å². The Kier molecular flexibility index (Phi) is 4.06. The molecule has 7 nitrogen and oxygen atoms in total. The van der Waals surface area contributed by atoms with Gasteiger partial charge >= 0.3 is 0 Å². The van der Waals surface area contributed by atoms with Crippen molar-refractivity contribution in [1.29, 1.82) is 0 Å². The number of carbonyl (C=O) groups is 1. The predicted octanol–water partition coefficient (Wildman–Crippen LogP) is -0.362. The van der Waals surface area contributed by atoms with E-state index in [1.54, 1.807) is 0 Å². The molecule has 0 saturated carbocycles. The van der Waals surface area contributed by atoms with Gasteiger partial charge in [0.05, 0.1) is 19.1 Å². The molecular weight excluding hydrogens is 272 g/mol. The molecule has 1 aromatic rings. The van der Waals surface area contributed by atoms with E-state index in [-0.39, 0.29) is 10.6 Å². The van der Waals surface area contributed by atoms with Crippen LogP contribution in [0.25, 0.3) is 0 Å². The molecule has 1 aromatic carbocycles. The zero-order valence-electron chi connectivity index (χ0n) is 10.8. The molecular formula is C11H16N2O5S. The number of hydrogen-bond acceptors (Lipinski definition) is 6. The van der Waals surface area contributed by atoms with Gasteiger partial charge in [0.15, 0.2) is 16.4 Å². The fraction of sp³-hybridized carbons (Fsp3) is 0.364. The Labute approximate surface area is 111 Å². The van der Waals surface area contributed by atoms with Gasteiger partial charge in [-0.05, 0) is 19.1 Å². The van der Waals surface area contributed by atoms with Gasteiger partial charge in [-0.15, -0.1) is 0 Å². The maximum atomic E-state index is 12.2. The maximum Gasteiger partial charge on any atom is 0.253 e. The highest BCUT2D eigenvalue weighted by molar-refractivity contribution is 7.93. The molecule has 0 spiro atoms. The summed E-state index contributed by atoms with van der Waals surface area (Å²) in [6.45, 7) is 1.04. The first-order chi connectivity index (χ1) is 8.68. The summed E-state index contributed by atoms with van der Waals surface area (Å²) >= 11 is 0. The van der Waals surface area contributed by atoms with Gasteiger partial charge in [-0.1, -0.05) is 0 Å². The molecule has 0 radical (unpaired) electrons. The molecule has 0 heterocycles. The summed E-state index contributed by atoms with van der Waals surface area (Å²) in [6, 6.07) is 3.90. The Morgan fingerprint density at radius 2 is 1.74 bits per heavy atom. The van der Waals surface area contributed by atoms with Crippen LogP contribution in [0.5, 0.6) is 11.5 Å². The van der Waals surface area contributed by atoms with Crippen molar-refractivity contribution < 1.29 is 22.7 Å². The minimum atomic E-state index is -4.13. The second-order valence-electron chi connectivity index (χ2n) is 3.99. The molecule has 0 bridgehead atoms. The highest BCUT2D eigenvalue weighted by Crippen LogP contribution is 2.32. The molecule has 1 rings (SSSR count). The summed E-state index contributed by atoms with van der Waals surface area (Å²) in [4.78, 5) is 8.81. The van der Waals surface area contributed by atoms with E-state index in [4.69, 9.17) is 20.9 Å². The van der Waals surface area contributed by atoms with Crippen LogP contribution >= 0.6 is 0 Å². The molecule has 0 aliphatic heterocycles. The quantitative estimate of drug-likeness (QED) is 0.762. The minimum Gasteiger partial charge on any atom is -0.493 e. The van der Waals surface area contributed by atoms with Crippen LogP contribution in [0.3, 0.4) is 0 Å². The lowest BCUT2D eigenvalue weighted by atomic mass is 10.3. The lowest BCUT2D eigenvalue weighted by Gasteiger charge is -2.21. The van der Waals surface area contributed by atoms with Crippen LogP contribution in [-0.2, 0) is 14.6 Å². The van der Waals surface area contributed by atoms with Gasteiger partial charge in [-0.3, -0.25) is 4.79 Å². The van der Waals surface area contributed by atoms with E-state index < -0.39 is 20.6 Å². The number of nitrogens with two attached hydrogens (primary N) is 2. The van der Waals surface area contributed by atoms with E-state index in [0.717, 1.165) is 6.92 Å². The van der Waals surface area contributed by atoms with Crippen LogP contribution in [0, 0.1) is 0 Å². The highest BCUT2D eigenvalue weighted by Gasteiger charge is 2.42. The number of sulfone groups is 1. The Hall–Kier alpha value is -1.80. The minimum absolute atomic E-state index is 0.172. The molecule has 19 heavy (non-hydrogen) atoms. The van der Waals surface area contributed by atoms with Crippen molar-refractivity contribution in [3.63, 3.8) is 0 Å². The standard InChI is InChI=1S/C11H16N2O5S/c1-11(13,10(12)14)19(15,16)7-4-5-8(17-2)9(6-7)18-3/h4-6H,13H2,1-3H3,(H2,12,14). The molecule has 106 valence electrons. The summed E-state index contributed by atoms with van der Waals surface area (Å²) in [5, 5.41) is 0. The summed E-state index contributed by atoms with van der Waals surface area (Å²) < 4.78 is 34.5. The fourth-order valence-electron chi connectivity index (χ4n) is 1.36. The van der Waals surface area contributed by atoms with Crippen molar-refractivity contribution >= 4 is 15.7 Å². The van der Waals surface area contributed by atoms with Gasteiger partial charge in [-0.2, -0.15) is 0 Å². The van der Waals surface area contributed by atoms with E-state index in [0.29, 0.717) is 5.75 Å². The average Bonchev–Trinajstić information content (AvgIpc) is 2.37. The summed E-state index contributed by atoms with van der Waals surface area (Å²) in [7, 11) is -1.34. The number of methoxy groups -OCH3 is 2. The van der Waals surface area contributed by atoms with Gasteiger partial charge in [0.1, 0.15) is 0 Å². The van der Waals surface area contributed by atoms with Crippen LogP contribution in [-0.4, -0.2) is 33.4 Å². The van der Waals surface area contributed by atoms with Crippen molar-refractivity contribution in [3.05, 3.63) is 18.2 Å². The Morgan fingerprint density at radius 1 is 1.21 bits per heavy atom. The first kappa shape index (κ1) is 15.3. The summed E-state index contributed by atoms with van der Waals surface area (Å²) in [5.41, 5.74) is 10.5.